The quantitative estimate of drug-likeness (QED) is 0.440. The van der Waals surface area contributed by atoms with Crippen LogP contribution in [0.2, 0.25) is 0 Å². The third kappa shape index (κ3) is 4.24. The second-order valence-corrected chi connectivity index (χ2v) is 9.80. The first-order chi connectivity index (χ1) is 15.8. The Kier molecular flexibility index (Phi) is 6.37. The van der Waals surface area contributed by atoms with Crippen LogP contribution in [0.5, 0.6) is 5.75 Å². The molecule has 1 atom stereocenters. The molecule has 0 amide bonds. The van der Waals surface area contributed by atoms with E-state index in [1.54, 1.807) is 22.1 Å². The van der Waals surface area contributed by atoms with Gasteiger partial charge in [0.25, 0.3) is 0 Å². The lowest BCUT2D eigenvalue weighted by Gasteiger charge is -2.47. The minimum Gasteiger partial charge on any atom is -0.493 e. The Balaban J connectivity index is 1.13. The third-order valence-electron chi connectivity index (χ3n) is 6.83. The lowest BCUT2D eigenvalue weighted by atomic mass is 9.88. The average Bonchev–Trinajstić information content (AvgIpc) is 3.24. The van der Waals surface area contributed by atoms with E-state index in [0.29, 0.717) is 6.04 Å². The molecule has 1 N–H and O–H groups in total. The number of ether oxygens (including phenoxy) is 1. The van der Waals surface area contributed by atoms with Crippen LogP contribution in [-0.2, 0) is 12.8 Å². The summed E-state index contributed by atoms with van der Waals surface area (Å²) in [6, 6.07) is 6.84. The van der Waals surface area contributed by atoms with Crippen LogP contribution in [0, 0.1) is 0 Å². The van der Waals surface area contributed by atoms with Crippen LogP contribution >= 0.6 is 11.3 Å². The van der Waals surface area contributed by atoms with E-state index in [1.807, 2.05) is 24.5 Å². The molecule has 0 saturated carbocycles. The summed E-state index contributed by atoms with van der Waals surface area (Å²) in [5, 5.41) is 5.67. The minimum absolute atomic E-state index is 0.623. The normalized spacial score (nSPS) is 20.0. The topological polar surface area (TPSA) is 27.7 Å². The number of nitrogens with zero attached hydrogens (tertiary/aromatic N) is 2. The predicted octanol–water partition coefficient (Wildman–Crippen LogP) is 5.29. The minimum atomic E-state index is 0.623. The molecule has 0 bridgehead atoms. The summed E-state index contributed by atoms with van der Waals surface area (Å²) in [7, 11) is 1.94. The molecule has 0 spiro atoms. The first-order valence-electron chi connectivity index (χ1n) is 11.8. The number of anilines is 1. The zero-order valence-corrected chi connectivity index (χ0v) is 19.8. The zero-order chi connectivity index (χ0) is 21.9. The molecule has 3 aliphatic rings. The summed E-state index contributed by atoms with van der Waals surface area (Å²) < 4.78 is 6.07. The van der Waals surface area contributed by atoms with E-state index in [-0.39, 0.29) is 0 Å². The van der Waals surface area contributed by atoms with Crippen molar-refractivity contribution in [2.45, 2.75) is 31.7 Å². The van der Waals surface area contributed by atoms with Gasteiger partial charge in [-0.25, -0.2) is 0 Å². The first-order valence-corrected chi connectivity index (χ1v) is 12.7. The van der Waals surface area contributed by atoms with Crippen LogP contribution in [0.4, 0.5) is 5.69 Å². The Morgan fingerprint density at radius 2 is 2.25 bits per heavy atom. The van der Waals surface area contributed by atoms with Crippen molar-refractivity contribution in [3.05, 3.63) is 70.0 Å². The Labute approximate surface area is 195 Å². The fourth-order valence-corrected chi connectivity index (χ4v) is 6.38. The molecule has 32 heavy (non-hydrogen) atoms. The Bertz CT molecular complexity index is 1040. The molecule has 1 fully saturated rings. The number of allylic oxidation sites excluding steroid dienone is 3. The van der Waals surface area contributed by atoms with Crippen molar-refractivity contribution in [2.24, 2.45) is 0 Å². The molecule has 5 rings (SSSR count). The van der Waals surface area contributed by atoms with E-state index in [1.165, 1.54) is 25.0 Å². The van der Waals surface area contributed by atoms with Gasteiger partial charge in [0.05, 0.1) is 6.61 Å². The number of rotatable bonds is 8. The second kappa shape index (κ2) is 9.55. The molecule has 2 aromatic rings. The molecular formula is C27H33N3OS. The maximum Gasteiger partial charge on any atom is 0.121 e. The van der Waals surface area contributed by atoms with Gasteiger partial charge in [-0.15, -0.1) is 11.3 Å². The predicted molar refractivity (Wildman–Crippen MR) is 137 cm³/mol. The fraction of sp³-hybridized carbons (Fsp3) is 0.407. The van der Waals surface area contributed by atoms with Crippen molar-refractivity contribution in [2.75, 3.05) is 45.2 Å². The fourth-order valence-electron chi connectivity index (χ4n) is 5.29. The molecule has 4 nitrogen and oxygen atoms in total. The smallest absolute Gasteiger partial charge is 0.121 e. The standard InChI is InChI=1S/C27H33N3OS/c1-3-4-7-20-10-11-23(17-24(20)28-2)31-15-6-12-29-13-14-30-22(18-29)16-21-19-32-26-9-5-8-25(30)27(21)26/h3-4,7-8,10-11,17,19,22,28H,1,5-6,9,12-16,18H2,2H3/b7-4-. The molecule has 1 aliphatic carbocycles. The molecule has 168 valence electrons. The summed E-state index contributed by atoms with van der Waals surface area (Å²) in [5.41, 5.74) is 6.93. The number of thiophene rings is 1. The molecule has 0 radical (unpaired) electrons. The number of nitrogens with one attached hydrogen (secondary N) is 1. The molecule has 2 aliphatic heterocycles. The Hall–Kier alpha value is -2.50. The molecule has 1 aromatic carbocycles. The van der Waals surface area contributed by atoms with Gasteiger partial charge in [-0.2, -0.15) is 0 Å². The van der Waals surface area contributed by atoms with Crippen molar-refractivity contribution in [1.82, 2.24) is 9.80 Å². The largest absolute Gasteiger partial charge is 0.493 e. The Morgan fingerprint density at radius 3 is 3.12 bits per heavy atom. The summed E-state index contributed by atoms with van der Waals surface area (Å²) in [4.78, 5) is 6.95. The van der Waals surface area contributed by atoms with Crippen molar-refractivity contribution in [3.8, 4) is 5.75 Å². The third-order valence-corrected chi connectivity index (χ3v) is 7.93. The van der Waals surface area contributed by atoms with E-state index in [4.69, 9.17) is 4.74 Å². The van der Waals surface area contributed by atoms with Gasteiger partial charge < -0.3 is 15.0 Å². The van der Waals surface area contributed by atoms with Crippen LogP contribution in [0.1, 0.15) is 34.4 Å². The monoisotopic (exact) mass is 447 g/mol. The highest BCUT2D eigenvalue weighted by atomic mass is 32.1. The summed E-state index contributed by atoms with van der Waals surface area (Å²) in [6.07, 6.45) is 13.0. The number of hydrogen-bond donors (Lipinski definition) is 1. The van der Waals surface area contributed by atoms with Gasteiger partial charge in [-0.3, -0.25) is 4.90 Å². The van der Waals surface area contributed by atoms with E-state index >= 15 is 0 Å². The first kappa shape index (κ1) is 21.4. The van der Waals surface area contributed by atoms with Gasteiger partial charge in [-0.05, 0) is 54.3 Å². The lowest BCUT2D eigenvalue weighted by molar-refractivity contribution is 0.109. The number of fused-ring (bicyclic) bond motifs is 2. The van der Waals surface area contributed by atoms with Crippen molar-refractivity contribution < 1.29 is 4.74 Å². The van der Waals surface area contributed by atoms with Gasteiger partial charge in [0.15, 0.2) is 0 Å². The number of piperazine rings is 1. The van der Waals surface area contributed by atoms with Crippen LogP contribution in [0.25, 0.3) is 11.8 Å². The van der Waals surface area contributed by atoms with Crippen molar-refractivity contribution in [3.63, 3.8) is 0 Å². The van der Waals surface area contributed by atoms with Gasteiger partial charge >= 0.3 is 0 Å². The molecule has 3 heterocycles. The maximum atomic E-state index is 6.07. The van der Waals surface area contributed by atoms with Gasteiger partial charge in [0, 0.05) is 67.2 Å². The van der Waals surface area contributed by atoms with E-state index in [0.717, 1.165) is 56.2 Å². The zero-order valence-electron chi connectivity index (χ0n) is 19.0. The van der Waals surface area contributed by atoms with Crippen LogP contribution in [0.15, 0.2) is 48.4 Å². The van der Waals surface area contributed by atoms with Crippen molar-refractivity contribution >= 4 is 28.8 Å². The van der Waals surface area contributed by atoms with Crippen LogP contribution < -0.4 is 10.1 Å². The van der Waals surface area contributed by atoms with Crippen molar-refractivity contribution in [1.29, 1.82) is 0 Å². The highest BCUT2D eigenvalue weighted by Crippen LogP contribution is 2.42. The Morgan fingerprint density at radius 1 is 1.31 bits per heavy atom. The number of hydrogen-bond acceptors (Lipinski definition) is 5. The van der Waals surface area contributed by atoms with E-state index in [9.17, 15) is 0 Å². The van der Waals surface area contributed by atoms with Crippen LogP contribution in [-0.4, -0.2) is 55.7 Å². The summed E-state index contributed by atoms with van der Waals surface area (Å²) in [6.45, 7) is 9.05. The number of aryl methyl sites for hydroxylation is 1. The van der Waals surface area contributed by atoms with Gasteiger partial charge in [-0.1, -0.05) is 30.9 Å². The van der Waals surface area contributed by atoms with E-state index in [2.05, 4.69) is 57.4 Å². The highest BCUT2D eigenvalue weighted by Gasteiger charge is 2.36. The molecular weight excluding hydrogens is 414 g/mol. The number of benzene rings is 1. The molecule has 5 heteroatoms. The van der Waals surface area contributed by atoms with E-state index < -0.39 is 0 Å². The second-order valence-electron chi connectivity index (χ2n) is 8.83. The summed E-state index contributed by atoms with van der Waals surface area (Å²) >= 11 is 1.98. The highest BCUT2D eigenvalue weighted by molar-refractivity contribution is 7.10. The maximum absolute atomic E-state index is 6.07. The molecule has 1 aromatic heterocycles. The van der Waals surface area contributed by atoms with Gasteiger partial charge in [0.1, 0.15) is 5.75 Å². The summed E-state index contributed by atoms with van der Waals surface area (Å²) in [5.74, 6) is 0.923. The van der Waals surface area contributed by atoms with Gasteiger partial charge in [0.2, 0.25) is 0 Å². The van der Waals surface area contributed by atoms with Crippen LogP contribution in [0.3, 0.4) is 0 Å². The SMILES string of the molecule is C=C/C=C\c1ccc(OCCCN2CCN3C4=CCCc5scc(c54)CC3C2)cc1NC. The lowest BCUT2D eigenvalue weighted by Crippen LogP contribution is -2.54. The molecule has 1 unspecified atom stereocenters. The average molecular weight is 448 g/mol. The molecule has 1 saturated heterocycles.